The minimum atomic E-state index is 0.0760. The standard InChI is InChI=1S/C12H13IO2/c13-11-5-3-10(4-6-11)12(14)8-15-7-9-1-2-9/h3-6,9H,1-2,7-8H2. The van der Waals surface area contributed by atoms with Crippen LogP contribution in [0.2, 0.25) is 0 Å². The molecule has 1 aliphatic carbocycles. The van der Waals surface area contributed by atoms with Gasteiger partial charge in [0.2, 0.25) is 0 Å². The van der Waals surface area contributed by atoms with E-state index in [1.165, 1.54) is 12.8 Å². The molecule has 0 N–H and O–H groups in total. The SMILES string of the molecule is O=C(COCC1CC1)c1ccc(I)cc1. The summed E-state index contributed by atoms with van der Waals surface area (Å²) in [5.41, 5.74) is 0.742. The molecule has 15 heavy (non-hydrogen) atoms. The van der Waals surface area contributed by atoms with Gasteiger partial charge in [-0.2, -0.15) is 0 Å². The molecule has 3 heteroatoms. The normalized spacial score (nSPS) is 15.3. The first-order valence-electron chi connectivity index (χ1n) is 5.12. The molecule has 0 unspecified atom stereocenters. The zero-order chi connectivity index (χ0) is 10.7. The van der Waals surface area contributed by atoms with Crippen LogP contribution in [-0.2, 0) is 4.74 Å². The summed E-state index contributed by atoms with van der Waals surface area (Å²) in [6.07, 6.45) is 2.52. The number of ether oxygens (including phenoxy) is 1. The van der Waals surface area contributed by atoms with Crippen molar-refractivity contribution in [2.24, 2.45) is 5.92 Å². The quantitative estimate of drug-likeness (QED) is 0.617. The zero-order valence-electron chi connectivity index (χ0n) is 8.41. The van der Waals surface area contributed by atoms with Crippen molar-refractivity contribution < 1.29 is 9.53 Å². The summed E-state index contributed by atoms with van der Waals surface area (Å²) in [5.74, 6) is 0.793. The van der Waals surface area contributed by atoms with Crippen molar-refractivity contribution in [1.29, 1.82) is 0 Å². The van der Waals surface area contributed by atoms with Crippen molar-refractivity contribution in [3.63, 3.8) is 0 Å². The van der Waals surface area contributed by atoms with Crippen LogP contribution in [0.1, 0.15) is 23.2 Å². The molecule has 0 atom stereocenters. The summed E-state index contributed by atoms with van der Waals surface area (Å²) in [5, 5.41) is 0. The lowest BCUT2D eigenvalue weighted by Crippen LogP contribution is -2.10. The van der Waals surface area contributed by atoms with Gasteiger partial charge in [0, 0.05) is 9.13 Å². The molecule has 0 heterocycles. The Balaban J connectivity index is 1.81. The van der Waals surface area contributed by atoms with E-state index in [4.69, 9.17) is 4.74 Å². The average Bonchev–Trinajstić information content (AvgIpc) is 3.02. The Morgan fingerprint density at radius 1 is 1.33 bits per heavy atom. The van der Waals surface area contributed by atoms with E-state index in [1.54, 1.807) is 0 Å². The molecule has 1 saturated carbocycles. The van der Waals surface area contributed by atoms with E-state index in [2.05, 4.69) is 22.6 Å². The molecule has 0 aliphatic heterocycles. The summed E-state index contributed by atoms with van der Waals surface area (Å²) in [7, 11) is 0. The molecule has 0 radical (unpaired) electrons. The van der Waals surface area contributed by atoms with Crippen LogP contribution in [0.4, 0.5) is 0 Å². The minimum absolute atomic E-state index is 0.0760. The van der Waals surface area contributed by atoms with Gasteiger partial charge in [0.05, 0.1) is 6.61 Å². The number of benzene rings is 1. The number of carbonyl (C=O) groups is 1. The maximum Gasteiger partial charge on any atom is 0.188 e. The van der Waals surface area contributed by atoms with Gasteiger partial charge in [0.1, 0.15) is 6.61 Å². The molecule has 0 saturated heterocycles. The van der Waals surface area contributed by atoms with Gasteiger partial charge in [-0.05, 0) is 53.5 Å². The lowest BCUT2D eigenvalue weighted by Gasteiger charge is -2.02. The van der Waals surface area contributed by atoms with Crippen molar-refractivity contribution in [2.75, 3.05) is 13.2 Å². The van der Waals surface area contributed by atoms with Crippen LogP contribution >= 0.6 is 22.6 Å². The number of halogens is 1. The summed E-state index contributed by atoms with van der Waals surface area (Å²) in [4.78, 5) is 11.6. The smallest absolute Gasteiger partial charge is 0.188 e. The van der Waals surface area contributed by atoms with Gasteiger partial charge in [-0.1, -0.05) is 12.1 Å². The second kappa shape index (κ2) is 5.07. The molecular formula is C12H13IO2. The first-order chi connectivity index (χ1) is 7.25. The first-order valence-corrected chi connectivity index (χ1v) is 6.20. The third kappa shape index (κ3) is 3.57. The Kier molecular flexibility index (Phi) is 3.75. The van der Waals surface area contributed by atoms with E-state index in [-0.39, 0.29) is 12.4 Å². The van der Waals surface area contributed by atoms with E-state index < -0.39 is 0 Å². The third-order valence-corrected chi connectivity index (χ3v) is 3.17. The topological polar surface area (TPSA) is 26.3 Å². The molecule has 80 valence electrons. The lowest BCUT2D eigenvalue weighted by molar-refractivity contribution is 0.0740. The highest BCUT2D eigenvalue weighted by molar-refractivity contribution is 14.1. The molecule has 1 fully saturated rings. The zero-order valence-corrected chi connectivity index (χ0v) is 10.6. The van der Waals surface area contributed by atoms with E-state index in [9.17, 15) is 4.79 Å². The number of Topliss-reactive ketones (excluding diaryl/α,β-unsaturated/α-hetero) is 1. The molecule has 2 rings (SSSR count). The molecular weight excluding hydrogens is 303 g/mol. The number of hydrogen-bond acceptors (Lipinski definition) is 2. The summed E-state index contributed by atoms with van der Waals surface area (Å²) < 4.78 is 6.49. The highest BCUT2D eigenvalue weighted by atomic mass is 127. The Morgan fingerprint density at radius 2 is 2.00 bits per heavy atom. The second-order valence-corrected chi connectivity index (χ2v) is 5.13. The van der Waals surface area contributed by atoms with Gasteiger partial charge in [0.25, 0.3) is 0 Å². The van der Waals surface area contributed by atoms with E-state index >= 15 is 0 Å². The average molecular weight is 316 g/mol. The predicted molar refractivity (Wildman–Crippen MR) is 67.0 cm³/mol. The van der Waals surface area contributed by atoms with Crippen LogP contribution in [0, 0.1) is 9.49 Å². The van der Waals surface area contributed by atoms with Crippen LogP contribution < -0.4 is 0 Å². The Hall–Kier alpha value is -0.420. The van der Waals surface area contributed by atoms with Crippen molar-refractivity contribution in [2.45, 2.75) is 12.8 Å². The molecule has 0 spiro atoms. The van der Waals surface area contributed by atoms with Crippen molar-refractivity contribution in [3.8, 4) is 0 Å². The van der Waals surface area contributed by atoms with Crippen LogP contribution in [0.5, 0.6) is 0 Å². The van der Waals surface area contributed by atoms with Crippen LogP contribution in [0.15, 0.2) is 24.3 Å². The highest BCUT2D eigenvalue weighted by Crippen LogP contribution is 2.28. The van der Waals surface area contributed by atoms with Crippen LogP contribution in [0.3, 0.4) is 0 Å². The molecule has 2 nitrogen and oxygen atoms in total. The van der Waals surface area contributed by atoms with Gasteiger partial charge in [-0.3, -0.25) is 4.79 Å². The fourth-order valence-electron chi connectivity index (χ4n) is 1.32. The Bertz CT molecular complexity index is 341. The molecule has 1 aromatic rings. The largest absolute Gasteiger partial charge is 0.373 e. The van der Waals surface area contributed by atoms with Crippen molar-refractivity contribution >= 4 is 28.4 Å². The summed E-state index contributed by atoms with van der Waals surface area (Å²) in [6.45, 7) is 0.965. The molecule has 0 amide bonds. The lowest BCUT2D eigenvalue weighted by atomic mass is 10.1. The summed E-state index contributed by atoms with van der Waals surface area (Å²) in [6, 6.07) is 7.58. The van der Waals surface area contributed by atoms with Crippen LogP contribution in [-0.4, -0.2) is 19.0 Å². The molecule has 1 aromatic carbocycles. The van der Waals surface area contributed by atoms with Gasteiger partial charge < -0.3 is 4.74 Å². The van der Waals surface area contributed by atoms with Gasteiger partial charge in [-0.15, -0.1) is 0 Å². The minimum Gasteiger partial charge on any atom is -0.373 e. The molecule has 0 bridgehead atoms. The second-order valence-electron chi connectivity index (χ2n) is 3.89. The Labute approximate surface area is 103 Å². The first kappa shape index (κ1) is 11.1. The highest BCUT2D eigenvalue weighted by Gasteiger charge is 2.21. The monoisotopic (exact) mass is 316 g/mol. The van der Waals surface area contributed by atoms with E-state index in [0.717, 1.165) is 21.7 Å². The van der Waals surface area contributed by atoms with E-state index in [1.807, 2.05) is 24.3 Å². The third-order valence-electron chi connectivity index (χ3n) is 2.45. The van der Waals surface area contributed by atoms with Gasteiger partial charge in [-0.25, -0.2) is 0 Å². The fourth-order valence-corrected chi connectivity index (χ4v) is 1.68. The van der Waals surface area contributed by atoms with Crippen molar-refractivity contribution in [1.82, 2.24) is 0 Å². The number of hydrogen-bond donors (Lipinski definition) is 0. The number of ketones is 1. The summed E-state index contributed by atoms with van der Waals surface area (Å²) >= 11 is 2.22. The van der Waals surface area contributed by atoms with Crippen LogP contribution in [0.25, 0.3) is 0 Å². The number of rotatable bonds is 5. The fraction of sp³-hybridized carbons (Fsp3) is 0.417. The Morgan fingerprint density at radius 3 is 2.60 bits per heavy atom. The van der Waals surface area contributed by atoms with E-state index in [0.29, 0.717) is 0 Å². The maximum atomic E-state index is 11.6. The number of carbonyl (C=O) groups excluding carboxylic acids is 1. The molecule has 1 aliphatic rings. The van der Waals surface area contributed by atoms with Gasteiger partial charge in [0.15, 0.2) is 5.78 Å². The van der Waals surface area contributed by atoms with Crippen molar-refractivity contribution in [3.05, 3.63) is 33.4 Å². The maximum absolute atomic E-state index is 11.6. The predicted octanol–water partition coefficient (Wildman–Crippen LogP) is 2.90. The molecule has 0 aromatic heterocycles. The van der Waals surface area contributed by atoms with Gasteiger partial charge >= 0.3 is 0 Å².